The van der Waals surface area contributed by atoms with Gasteiger partial charge in [0.1, 0.15) is 36.6 Å². The first kappa shape index (κ1) is 24.7. The lowest BCUT2D eigenvalue weighted by Gasteiger charge is -2.42. The van der Waals surface area contributed by atoms with Crippen molar-refractivity contribution in [3.63, 3.8) is 0 Å². The van der Waals surface area contributed by atoms with E-state index in [1.807, 2.05) is 0 Å². The van der Waals surface area contributed by atoms with Crippen molar-refractivity contribution in [2.75, 3.05) is 0 Å². The maximum absolute atomic E-state index is 12.6. The zero-order valence-corrected chi connectivity index (χ0v) is 18.8. The molecular weight excluding hydrogens is 464 g/mol. The predicted octanol–water partition coefficient (Wildman–Crippen LogP) is -0.391. The zero-order valence-electron chi connectivity index (χ0n) is 17.1. The maximum Gasteiger partial charge on any atom is 0.297 e. The first-order chi connectivity index (χ1) is 14.8. The van der Waals surface area contributed by atoms with Crippen LogP contribution in [0.1, 0.15) is 11.1 Å². The van der Waals surface area contributed by atoms with Gasteiger partial charge in [-0.1, -0.05) is 35.4 Å². The molecule has 3 rings (SSSR count). The van der Waals surface area contributed by atoms with Crippen LogP contribution in [0.4, 0.5) is 0 Å². The van der Waals surface area contributed by atoms with Gasteiger partial charge in [-0.05, 0) is 38.1 Å². The van der Waals surface area contributed by atoms with Gasteiger partial charge in [0, 0.05) is 0 Å². The number of hydrogen-bond acceptors (Lipinski definition) is 10. The minimum absolute atomic E-state index is 0.284. The van der Waals surface area contributed by atoms with Gasteiger partial charge >= 0.3 is 0 Å². The Hall–Kier alpha value is -1.90. The van der Waals surface area contributed by atoms with Crippen molar-refractivity contribution in [3.05, 3.63) is 59.7 Å². The van der Waals surface area contributed by atoms with Crippen LogP contribution >= 0.6 is 0 Å². The third-order valence-electron chi connectivity index (χ3n) is 5.14. The van der Waals surface area contributed by atoms with Crippen LogP contribution < -0.4 is 0 Å². The van der Waals surface area contributed by atoms with Crippen LogP contribution in [-0.4, -0.2) is 73.9 Å². The molecule has 10 nitrogen and oxygen atoms in total. The Kier molecular flexibility index (Phi) is 7.08. The Morgan fingerprint density at radius 3 is 1.19 bits per heavy atom. The molecule has 6 atom stereocenters. The molecule has 4 N–H and O–H groups in total. The Balaban J connectivity index is 1.88. The summed E-state index contributed by atoms with van der Waals surface area (Å²) < 4.78 is 60.2. The molecule has 2 aromatic carbocycles. The van der Waals surface area contributed by atoms with Crippen molar-refractivity contribution in [2.45, 2.75) is 60.3 Å². The van der Waals surface area contributed by atoms with E-state index in [2.05, 4.69) is 0 Å². The topological polar surface area (TPSA) is 168 Å². The smallest absolute Gasteiger partial charge is 0.297 e. The van der Waals surface area contributed by atoms with Crippen molar-refractivity contribution in [3.8, 4) is 0 Å². The molecule has 1 aliphatic rings. The van der Waals surface area contributed by atoms with Crippen molar-refractivity contribution >= 4 is 20.2 Å². The fourth-order valence-corrected chi connectivity index (χ4v) is 5.42. The van der Waals surface area contributed by atoms with Crippen molar-refractivity contribution in [1.29, 1.82) is 0 Å². The number of hydrogen-bond donors (Lipinski definition) is 4. The number of aliphatic hydroxyl groups excluding tert-OH is 4. The van der Waals surface area contributed by atoms with Crippen LogP contribution in [0.25, 0.3) is 0 Å². The predicted molar refractivity (Wildman–Crippen MR) is 111 cm³/mol. The molecule has 1 saturated carbocycles. The highest BCUT2D eigenvalue weighted by atomic mass is 32.2. The summed E-state index contributed by atoms with van der Waals surface area (Å²) in [5.41, 5.74) is 1.55. The van der Waals surface area contributed by atoms with Crippen LogP contribution in [-0.2, 0) is 28.6 Å². The second-order valence-corrected chi connectivity index (χ2v) is 10.8. The number of aliphatic hydroxyl groups is 4. The van der Waals surface area contributed by atoms with E-state index in [4.69, 9.17) is 8.37 Å². The van der Waals surface area contributed by atoms with Crippen LogP contribution in [0.3, 0.4) is 0 Å². The molecule has 12 heteroatoms. The van der Waals surface area contributed by atoms with E-state index in [1.165, 1.54) is 48.5 Å². The molecule has 176 valence electrons. The minimum Gasteiger partial charge on any atom is -0.387 e. The molecule has 0 bridgehead atoms. The van der Waals surface area contributed by atoms with E-state index in [9.17, 15) is 37.3 Å². The Morgan fingerprint density at radius 1 is 0.562 bits per heavy atom. The third kappa shape index (κ3) is 5.02. The molecule has 0 saturated heterocycles. The summed E-state index contributed by atoms with van der Waals surface area (Å²) in [5.74, 6) is 0. The zero-order chi connectivity index (χ0) is 23.8. The first-order valence-electron chi connectivity index (χ1n) is 9.56. The average Bonchev–Trinajstić information content (AvgIpc) is 2.73. The largest absolute Gasteiger partial charge is 0.387 e. The highest BCUT2D eigenvalue weighted by Gasteiger charge is 2.53. The number of aryl methyl sites for hydroxylation is 2. The number of rotatable bonds is 6. The second-order valence-electron chi connectivity index (χ2n) is 7.62. The van der Waals surface area contributed by atoms with E-state index >= 15 is 0 Å². The van der Waals surface area contributed by atoms with Gasteiger partial charge in [-0.25, -0.2) is 0 Å². The molecule has 32 heavy (non-hydrogen) atoms. The van der Waals surface area contributed by atoms with Crippen LogP contribution in [0.5, 0.6) is 0 Å². The monoisotopic (exact) mass is 488 g/mol. The summed E-state index contributed by atoms with van der Waals surface area (Å²) >= 11 is 0. The molecule has 1 fully saturated rings. The van der Waals surface area contributed by atoms with Crippen molar-refractivity contribution in [1.82, 2.24) is 0 Å². The Labute approximate surface area is 185 Å². The maximum atomic E-state index is 12.6. The molecule has 0 amide bonds. The van der Waals surface area contributed by atoms with Gasteiger partial charge in [-0.3, -0.25) is 8.37 Å². The van der Waals surface area contributed by atoms with Gasteiger partial charge < -0.3 is 20.4 Å². The highest BCUT2D eigenvalue weighted by molar-refractivity contribution is 7.87. The molecule has 0 aromatic heterocycles. The Morgan fingerprint density at radius 2 is 0.875 bits per heavy atom. The van der Waals surface area contributed by atoms with E-state index < -0.39 is 56.9 Å². The Bertz CT molecular complexity index is 1050. The first-order valence-corrected chi connectivity index (χ1v) is 12.4. The lowest BCUT2D eigenvalue weighted by molar-refractivity contribution is -0.208. The lowest BCUT2D eigenvalue weighted by Crippen LogP contribution is -2.65. The van der Waals surface area contributed by atoms with Gasteiger partial charge in [-0.2, -0.15) is 16.8 Å². The molecule has 0 radical (unpaired) electrons. The second kappa shape index (κ2) is 9.15. The lowest BCUT2D eigenvalue weighted by atomic mass is 9.85. The fourth-order valence-electron chi connectivity index (χ4n) is 3.22. The van der Waals surface area contributed by atoms with Crippen molar-refractivity contribution in [2.24, 2.45) is 0 Å². The molecule has 2 aromatic rings. The SMILES string of the molecule is Cc1ccc(S(=O)(=O)O[C@@H]2C(O)[C@H](OS(=O)(=O)c3ccc(C)cc3)[C@@H](O)C(O)[C@H]2O)cc1. The van der Waals surface area contributed by atoms with E-state index in [-0.39, 0.29) is 9.79 Å². The molecule has 1 aliphatic carbocycles. The number of benzene rings is 2. The van der Waals surface area contributed by atoms with E-state index in [0.29, 0.717) is 0 Å². The van der Waals surface area contributed by atoms with Gasteiger partial charge in [0.25, 0.3) is 20.2 Å². The van der Waals surface area contributed by atoms with Gasteiger partial charge in [0.15, 0.2) is 0 Å². The fraction of sp³-hybridized carbons (Fsp3) is 0.400. The summed E-state index contributed by atoms with van der Waals surface area (Å²) in [6.07, 6.45) is -12.3. The summed E-state index contributed by atoms with van der Waals surface area (Å²) in [7, 11) is -9.05. The standard InChI is InChI=1S/C20H24O10S2/c1-11-3-7-13(8-4-11)31(25,26)29-19-16(22)15(21)17(23)20(18(19)24)30-32(27,28)14-9-5-12(2)6-10-14/h3-10,15-24H,1-2H3/t15?,16-,17+,18?,19+,20-. The summed E-state index contributed by atoms with van der Waals surface area (Å²) in [6.45, 7) is 3.47. The normalized spacial score (nSPS) is 29.1. The quantitative estimate of drug-likeness (QED) is 0.393. The van der Waals surface area contributed by atoms with Gasteiger partial charge in [0.05, 0.1) is 9.79 Å². The summed E-state index contributed by atoms with van der Waals surface area (Å²) in [5, 5.41) is 41.2. The minimum atomic E-state index is -4.53. The van der Waals surface area contributed by atoms with Gasteiger partial charge in [0.2, 0.25) is 0 Å². The van der Waals surface area contributed by atoms with Crippen LogP contribution in [0.2, 0.25) is 0 Å². The molecular formula is C20H24O10S2. The summed E-state index contributed by atoms with van der Waals surface area (Å²) in [4.78, 5) is -0.569. The average molecular weight is 489 g/mol. The van der Waals surface area contributed by atoms with Crippen LogP contribution in [0.15, 0.2) is 58.3 Å². The van der Waals surface area contributed by atoms with Crippen LogP contribution in [0, 0.1) is 13.8 Å². The molecule has 0 spiro atoms. The third-order valence-corrected chi connectivity index (χ3v) is 7.79. The van der Waals surface area contributed by atoms with E-state index in [0.717, 1.165) is 11.1 Å². The highest BCUT2D eigenvalue weighted by Crippen LogP contribution is 2.31. The molecule has 2 unspecified atom stereocenters. The van der Waals surface area contributed by atoms with Gasteiger partial charge in [-0.15, -0.1) is 0 Å². The van der Waals surface area contributed by atoms with E-state index in [1.54, 1.807) is 13.8 Å². The summed E-state index contributed by atoms with van der Waals surface area (Å²) in [6, 6.07) is 11.0. The molecule has 0 heterocycles. The van der Waals surface area contributed by atoms with Crippen molar-refractivity contribution < 1.29 is 45.6 Å². The molecule has 0 aliphatic heterocycles.